The number of hydrogen-bond acceptors (Lipinski definition) is 2. The summed E-state index contributed by atoms with van der Waals surface area (Å²) in [6, 6.07) is 3.95. The Kier molecular flexibility index (Phi) is 4.90. The third kappa shape index (κ3) is 4.03. The fourth-order valence-electron chi connectivity index (χ4n) is 1.34. The lowest BCUT2D eigenvalue weighted by Gasteiger charge is -2.17. The Hall–Kier alpha value is -1.62. The molecular formula is C11H11ClFNO3. The zero-order valence-corrected chi connectivity index (χ0v) is 9.65. The van der Waals surface area contributed by atoms with Crippen molar-refractivity contribution in [1.82, 2.24) is 0 Å². The molecule has 0 aliphatic carbocycles. The lowest BCUT2D eigenvalue weighted by Crippen LogP contribution is -2.23. The standard InChI is InChI=1S/C11H11ClFNO3/c12-8-3-4-10(9(13)6-8)14(7-15)5-1-2-11(16)17/h3-4,6-7H,1-2,5H2,(H,16,17). The molecule has 0 unspecified atom stereocenters. The number of aliphatic carboxylic acids is 1. The fourth-order valence-corrected chi connectivity index (χ4v) is 1.50. The highest BCUT2D eigenvalue weighted by atomic mass is 35.5. The van der Waals surface area contributed by atoms with Crippen LogP contribution in [0.1, 0.15) is 12.8 Å². The number of hydrogen-bond donors (Lipinski definition) is 1. The van der Waals surface area contributed by atoms with Gasteiger partial charge in [0.15, 0.2) is 0 Å². The largest absolute Gasteiger partial charge is 0.481 e. The van der Waals surface area contributed by atoms with Gasteiger partial charge in [0, 0.05) is 18.0 Å². The van der Waals surface area contributed by atoms with Gasteiger partial charge >= 0.3 is 5.97 Å². The molecule has 0 saturated carbocycles. The second kappa shape index (κ2) is 6.20. The maximum absolute atomic E-state index is 13.5. The monoisotopic (exact) mass is 259 g/mol. The van der Waals surface area contributed by atoms with Gasteiger partial charge in [0.25, 0.3) is 0 Å². The van der Waals surface area contributed by atoms with Crippen LogP contribution in [-0.2, 0) is 9.59 Å². The van der Waals surface area contributed by atoms with Gasteiger partial charge in [-0.05, 0) is 24.6 Å². The number of nitrogens with zero attached hydrogens (tertiary/aromatic N) is 1. The molecule has 1 aromatic carbocycles. The zero-order valence-electron chi connectivity index (χ0n) is 8.90. The van der Waals surface area contributed by atoms with Crippen molar-refractivity contribution < 1.29 is 19.1 Å². The molecule has 4 nitrogen and oxygen atoms in total. The first-order valence-corrected chi connectivity index (χ1v) is 5.31. The maximum atomic E-state index is 13.5. The highest BCUT2D eigenvalue weighted by Gasteiger charge is 2.11. The Labute approximate surface area is 103 Å². The van der Waals surface area contributed by atoms with Gasteiger partial charge in [0.2, 0.25) is 6.41 Å². The molecule has 0 heterocycles. The third-order valence-electron chi connectivity index (χ3n) is 2.14. The van der Waals surface area contributed by atoms with Gasteiger partial charge in [-0.15, -0.1) is 0 Å². The van der Waals surface area contributed by atoms with E-state index in [9.17, 15) is 14.0 Å². The van der Waals surface area contributed by atoms with E-state index in [0.717, 1.165) is 11.0 Å². The molecule has 0 aliphatic rings. The van der Waals surface area contributed by atoms with Crippen molar-refractivity contribution in [3.63, 3.8) is 0 Å². The van der Waals surface area contributed by atoms with Crippen molar-refractivity contribution >= 4 is 29.7 Å². The van der Waals surface area contributed by atoms with Crippen molar-refractivity contribution in [3.8, 4) is 0 Å². The summed E-state index contributed by atoms with van der Waals surface area (Å²) in [5.41, 5.74) is 0.0924. The van der Waals surface area contributed by atoms with E-state index in [1.54, 1.807) is 0 Å². The van der Waals surface area contributed by atoms with E-state index < -0.39 is 11.8 Å². The summed E-state index contributed by atoms with van der Waals surface area (Å²) in [5.74, 6) is -1.56. The van der Waals surface area contributed by atoms with Crippen LogP contribution in [0.4, 0.5) is 10.1 Å². The highest BCUT2D eigenvalue weighted by molar-refractivity contribution is 6.30. The maximum Gasteiger partial charge on any atom is 0.303 e. The Morgan fingerprint density at radius 3 is 2.76 bits per heavy atom. The Balaban J connectivity index is 2.72. The van der Waals surface area contributed by atoms with Crippen molar-refractivity contribution in [2.75, 3.05) is 11.4 Å². The number of rotatable bonds is 6. The van der Waals surface area contributed by atoms with E-state index in [0.29, 0.717) is 6.41 Å². The number of carboxylic acids is 1. The van der Waals surface area contributed by atoms with Gasteiger partial charge in [-0.3, -0.25) is 9.59 Å². The highest BCUT2D eigenvalue weighted by Crippen LogP contribution is 2.22. The summed E-state index contributed by atoms with van der Waals surface area (Å²) in [6.45, 7) is 0.147. The van der Waals surface area contributed by atoms with Gasteiger partial charge < -0.3 is 10.0 Å². The minimum Gasteiger partial charge on any atom is -0.481 e. The normalized spacial score (nSPS) is 10.0. The summed E-state index contributed by atoms with van der Waals surface area (Å²) in [7, 11) is 0. The zero-order chi connectivity index (χ0) is 12.8. The topological polar surface area (TPSA) is 57.6 Å². The molecule has 0 aromatic heterocycles. The Bertz CT molecular complexity index is 425. The summed E-state index contributed by atoms with van der Waals surface area (Å²) in [6.07, 6.45) is 0.657. The molecule has 0 radical (unpaired) electrons. The van der Waals surface area contributed by atoms with Crippen LogP contribution in [0.3, 0.4) is 0 Å². The van der Waals surface area contributed by atoms with Crippen LogP contribution in [0.15, 0.2) is 18.2 Å². The molecule has 92 valence electrons. The predicted octanol–water partition coefficient (Wildman–Crippen LogP) is 2.31. The third-order valence-corrected chi connectivity index (χ3v) is 2.37. The van der Waals surface area contributed by atoms with Crippen LogP contribution in [-0.4, -0.2) is 24.0 Å². The smallest absolute Gasteiger partial charge is 0.303 e. The molecule has 0 bridgehead atoms. The van der Waals surface area contributed by atoms with Crippen LogP contribution in [0, 0.1) is 5.82 Å². The van der Waals surface area contributed by atoms with E-state index >= 15 is 0 Å². The molecule has 1 aromatic rings. The molecule has 17 heavy (non-hydrogen) atoms. The van der Waals surface area contributed by atoms with Crippen LogP contribution in [0.2, 0.25) is 5.02 Å². The molecule has 0 fully saturated rings. The average molecular weight is 260 g/mol. The number of carbonyl (C=O) groups is 2. The second-order valence-electron chi connectivity index (χ2n) is 3.39. The second-order valence-corrected chi connectivity index (χ2v) is 3.83. The van der Waals surface area contributed by atoms with E-state index in [2.05, 4.69) is 0 Å². The molecule has 6 heteroatoms. The molecule has 0 atom stereocenters. The van der Waals surface area contributed by atoms with E-state index in [1.807, 2.05) is 0 Å². The van der Waals surface area contributed by atoms with E-state index in [1.165, 1.54) is 12.1 Å². The first-order chi connectivity index (χ1) is 8.04. The van der Waals surface area contributed by atoms with Crippen molar-refractivity contribution in [1.29, 1.82) is 0 Å². The van der Waals surface area contributed by atoms with Gasteiger partial charge in [-0.1, -0.05) is 11.6 Å². The van der Waals surface area contributed by atoms with Crippen LogP contribution in [0.25, 0.3) is 0 Å². The number of carbonyl (C=O) groups excluding carboxylic acids is 1. The molecule has 1 amide bonds. The quantitative estimate of drug-likeness (QED) is 0.798. The number of anilines is 1. The molecular weight excluding hydrogens is 249 g/mol. The number of benzene rings is 1. The molecule has 0 saturated heterocycles. The molecule has 1 N–H and O–H groups in total. The molecule has 0 aliphatic heterocycles. The Morgan fingerprint density at radius 2 is 2.24 bits per heavy atom. The number of halogens is 2. The molecule has 0 spiro atoms. The van der Waals surface area contributed by atoms with Gasteiger partial charge in [-0.25, -0.2) is 4.39 Å². The van der Waals surface area contributed by atoms with Crippen LogP contribution < -0.4 is 4.90 Å². The predicted molar refractivity (Wildman–Crippen MR) is 61.7 cm³/mol. The summed E-state index contributed by atoms with van der Waals surface area (Å²) in [5, 5.41) is 8.70. The fraction of sp³-hybridized carbons (Fsp3) is 0.273. The SMILES string of the molecule is O=CN(CCCC(=O)O)c1ccc(Cl)cc1F. The lowest BCUT2D eigenvalue weighted by atomic mass is 10.2. The van der Waals surface area contributed by atoms with Gasteiger partial charge in [0.1, 0.15) is 5.82 Å². The molecule has 1 rings (SSSR count). The van der Waals surface area contributed by atoms with Crippen molar-refractivity contribution in [2.24, 2.45) is 0 Å². The van der Waals surface area contributed by atoms with Gasteiger partial charge in [-0.2, -0.15) is 0 Å². The van der Waals surface area contributed by atoms with Gasteiger partial charge in [0.05, 0.1) is 5.69 Å². The number of amides is 1. The summed E-state index contributed by atoms with van der Waals surface area (Å²) >= 11 is 5.59. The lowest BCUT2D eigenvalue weighted by molar-refractivity contribution is -0.137. The Morgan fingerprint density at radius 1 is 1.53 bits per heavy atom. The average Bonchev–Trinajstić information content (AvgIpc) is 2.25. The van der Waals surface area contributed by atoms with Crippen molar-refractivity contribution in [3.05, 3.63) is 29.0 Å². The number of carboxylic acid groups (broad SMARTS) is 1. The summed E-state index contributed by atoms with van der Waals surface area (Å²) < 4.78 is 13.5. The summed E-state index contributed by atoms with van der Waals surface area (Å²) in [4.78, 5) is 22.2. The van der Waals surface area contributed by atoms with E-state index in [-0.39, 0.29) is 30.1 Å². The van der Waals surface area contributed by atoms with Crippen LogP contribution >= 0.6 is 11.6 Å². The van der Waals surface area contributed by atoms with E-state index in [4.69, 9.17) is 16.7 Å². The van der Waals surface area contributed by atoms with Crippen molar-refractivity contribution in [2.45, 2.75) is 12.8 Å². The first kappa shape index (κ1) is 13.4. The first-order valence-electron chi connectivity index (χ1n) is 4.93. The van der Waals surface area contributed by atoms with Crippen LogP contribution in [0.5, 0.6) is 0 Å². The minimum absolute atomic E-state index is 0.0699. The minimum atomic E-state index is -0.951.